The van der Waals surface area contributed by atoms with Gasteiger partial charge in [-0.1, -0.05) is 42.5 Å². The summed E-state index contributed by atoms with van der Waals surface area (Å²) in [5.41, 5.74) is -1.44. The summed E-state index contributed by atoms with van der Waals surface area (Å²) in [4.78, 5) is 30.0. The molecule has 0 fully saturated rings. The van der Waals surface area contributed by atoms with Gasteiger partial charge in [0.05, 0.1) is 24.8 Å². The molecule has 2 N–H and O–H groups in total. The number of carbonyl (C=O) groups excluding carboxylic acids is 1. The Hall–Kier alpha value is -4.08. The highest BCUT2D eigenvalue weighted by Gasteiger charge is 2.38. The van der Waals surface area contributed by atoms with Gasteiger partial charge in [0, 0.05) is 11.3 Å². The summed E-state index contributed by atoms with van der Waals surface area (Å²) >= 11 is 0. The topological polar surface area (TPSA) is 88.5 Å². The van der Waals surface area contributed by atoms with Crippen molar-refractivity contribution in [1.82, 2.24) is 14.6 Å². The monoisotopic (exact) mass is 456 g/mol. The predicted octanol–water partition coefficient (Wildman–Crippen LogP) is 4.21. The molecular formula is C23H19F3N4O3. The van der Waals surface area contributed by atoms with Crippen LogP contribution in [0, 0.1) is 6.92 Å². The lowest BCUT2D eigenvalue weighted by atomic mass is 10.1. The van der Waals surface area contributed by atoms with Gasteiger partial charge in [0.25, 0.3) is 5.56 Å². The fraction of sp³-hybridized carbons (Fsp3) is 0.174. The molecular weight excluding hydrogens is 437 g/mol. The Labute approximate surface area is 185 Å². The lowest BCUT2D eigenvalue weighted by Crippen LogP contribution is -2.26. The van der Waals surface area contributed by atoms with Crippen LogP contribution in [0.3, 0.4) is 0 Å². The first-order chi connectivity index (χ1) is 15.7. The number of rotatable bonds is 5. The molecule has 4 rings (SSSR count). The Kier molecular flexibility index (Phi) is 5.67. The molecule has 4 aromatic rings. The van der Waals surface area contributed by atoms with E-state index >= 15 is 0 Å². The zero-order chi connectivity index (χ0) is 23.8. The van der Waals surface area contributed by atoms with Gasteiger partial charge in [0.15, 0.2) is 5.65 Å². The number of fused-ring (bicyclic) bond motifs is 1. The maximum absolute atomic E-state index is 13.8. The number of hydrogen-bond acceptors (Lipinski definition) is 4. The van der Waals surface area contributed by atoms with Crippen LogP contribution in [0.15, 0.2) is 59.4 Å². The Morgan fingerprint density at radius 3 is 2.45 bits per heavy atom. The summed E-state index contributed by atoms with van der Waals surface area (Å²) in [6, 6.07) is 14.6. The number of aryl methyl sites for hydroxylation is 1. The number of halogens is 3. The number of para-hydroxylation sites is 2. The van der Waals surface area contributed by atoms with Crippen LogP contribution >= 0.6 is 0 Å². The second-order valence-corrected chi connectivity index (χ2v) is 7.29. The molecule has 33 heavy (non-hydrogen) atoms. The lowest BCUT2D eigenvalue weighted by molar-refractivity contribution is -0.140. The number of nitrogens with one attached hydrogen (secondary N) is 2. The summed E-state index contributed by atoms with van der Waals surface area (Å²) in [7, 11) is 1.45. The van der Waals surface area contributed by atoms with Crippen LogP contribution in [0.5, 0.6) is 5.75 Å². The van der Waals surface area contributed by atoms with E-state index < -0.39 is 23.3 Å². The molecule has 0 spiro atoms. The van der Waals surface area contributed by atoms with E-state index in [0.29, 0.717) is 11.4 Å². The Morgan fingerprint density at radius 1 is 1.12 bits per heavy atom. The van der Waals surface area contributed by atoms with Crippen molar-refractivity contribution in [3.05, 3.63) is 81.9 Å². The highest BCUT2D eigenvalue weighted by atomic mass is 19.4. The first-order valence-electron chi connectivity index (χ1n) is 9.90. The molecule has 0 aliphatic carbocycles. The van der Waals surface area contributed by atoms with Crippen molar-refractivity contribution in [2.75, 3.05) is 12.4 Å². The van der Waals surface area contributed by atoms with Gasteiger partial charge in [0.2, 0.25) is 5.91 Å². The number of ether oxygens (including phenoxy) is 1. The summed E-state index contributed by atoms with van der Waals surface area (Å²) in [5.74, 6) is -0.105. The molecule has 2 aromatic heterocycles. The van der Waals surface area contributed by atoms with Gasteiger partial charge in [-0.2, -0.15) is 13.2 Å². The van der Waals surface area contributed by atoms with E-state index in [1.54, 1.807) is 42.5 Å². The fourth-order valence-electron chi connectivity index (χ4n) is 3.60. The Morgan fingerprint density at radius 2 is 1.79 bits per heavy atom. The van der Waals surface area contributed by atoms with Crippen LogP contribution < -0.4 is 15.6 Å². The van der Waals surface area contributed by atoms with E-state index in [9.17, 15) is 22.8 Å². The van der Waals surface area contributed by atoms with Crippen LogP contribution in [0.25, 0.3) is 16.8 Å². The van der Waals surface area contributed by atoms with Gasteiger partial charge in [-0.25, -0.2) is 9.50 Å². The molecule has 0 saturated heterocycles. The van der Waals surface area contributed by atoms with Crippen LogP contribution in [-0.2, 0) is 17.4 Å². The number of methoxy groups -OCH3 is 1. The summed E-state index contributed by atoms with van der Waals surface area (Å²) < 4.78 is 47.3. The van der Waals surface area contributed by atoms with E-state index in [0.717, 1.165) is 4.52 Å². The minimum Gasteiger partial charge on any atom is -0.495 e. The van der Waals surface area contributed by atoms with Crippen molar-refractivity contribution < 1.29 is 22.7 Å². The third-order valence-electron chi connectivity index (χ3n) is 5.14. The van der Waals surface area contributed by atoms with Crippen molar-refractivity contribution in [3.63, 3.8) is 0 Å². The molecule has 0 unspecified atom stereocenters. The number of amides is 1. The highest BCUT2D eigenvalue weighted by molar-refractivity contribution is 5.93. The second-order valence-electron chi connectivity index (χ2n) is 7.29. The summed E-state index contributed by atoms with van der Waals surface area (Å²) in [6.07, 6.45) is -5.12. The normalized spacial score (nSPS) is 11.5. The zero-order valence-corrected chi connectivity index (χ0v) is 17.7. The minimum absolute atomic E-state index is 0.0190. The van der Waals surface area contributed by atoms with Gasteiger partial charge in [-0.15, -0.1) is 0 Å². The van der Waals surface area contributed by atoms with Crippen LogP contribution in [0.2, 0.25) is 0 Å². The third kappa shape index (κ3) is 4.19. The minimum atomic E-state index is -4.75. The fourth-order valence-corrected chi connectivity index (χ4v) is 3.60. The van der Waals surface area contributed by atoms with E-state index in [1.807, 2.05) is 0 Å². The zero-order valence-electron chi connectivity index (χ0n) is 17.7. The number of aromatic nitrogens is 3. The molecule has 2 heterocycles. The van der Waals surface area contributed by atoms with E-state index in [-0.39, 0.29) is 34.5 Å². The molecule has 0 aliphatic rings. The largest absolute Gasteiger partial charge is 0.495 e. The highest BCUT2D eigenvalue weighted by Crippen LogP contribution is 2.38. The summed E-state index contributed by atoms with van der Waals surface area (Å²) in [5, 5.41) is 4.79. The number of hydrogen-bond donors (Lipinski definition) is 2. The molecule has 170 valence electrons. The molecule has 2 aromatic carbocycles. The van der Waals surface area contributed by atoms with Gasteiger partial charge >= 0.3 is 6.18 Å². The second kappa shape index (κ2) is 8.45. The maximum atomic E-state index is 13.8. The van der Waals surface area contributed by atoms with Crippen LogP contribution in [0.1, 0.15) is 17.0 Å². The number of carbonyl (C=O) groups is 1. The van der Waals surface area contributed by atoms with Gasteiger partial charge in [0.1, 0.15) is 11.4 Å². The third-order valence-corrected chi connectivity index (χ3v) is 5.14. The summed E-state index contributed by atoms with van der Waals surface area (Å²) in [6.45, 7) is 1.49. The average Bonchev–Trinajstić information content (AvgIpc) is 3.17. The quantitative estimate of drug-likeness (QED) is 0.471. The van der Waals surface area contributed by atoms with E-state index in [2.05, 4.69) is 15.4 Å². The number of benzene rings is 2. The Balaban J connectivity index is 1.79. The number of H-pyrrole nitrogens is 1. The molecule has 0 saturated carbocycles. The van der Waals surface area contributed by atoms with Crippen LogP contribution in [-0.4, -0.2) is 27.6 Å². The molecule has 0 aliphatic heterocycles. The number of alkyl halides is 3. The van der Waals surface area contributed by atoms with E-state index in [4.69, 9.17) is 4.74 Å². The number of aromatic amines is 1. The van der Waals surface area contributed by atoms with Crippen molar-refractivity contribution in [2.45, 2.75) is 19.5 Å². The first kappa shape index (κ1) is 22.1. The number of anilines is 1. The smallest absolute Gasteiger partial charge is 0.433 e. The van der Waals surface area contributed by atoms with Gasteiger partial charge in [-0.3, -0.25) is 14.7 Å². The first-order valence-corrected chi connectivity index (χ1v) is 9.90. The molecule has 0 bridgehead atoms. The maximum Gasteiger partial charge on any atom is 0.433 e. The number of nitrogens with zero attached hydrogens (tertiary/aromatic N) is 2. The molecule has 1 amide bonds. The van der Waals surface area contributed by atoms with Crippen molar-refractivity contribution in [3.8, 4) is 16.9 Å². The predicted molar refractivity (Wildman–Crippen MR) is 116 cm³/mol. The van der Waals surface area contributed by atoms with Crippen molar-refractivity contribution in [1.29, 1.82) is 0 Å². The lowest BCUT2D eigenvalue weighted by Gasteiger charge is -2.10. The standard InChI is InChI=1S/C23H19F3N4O3/c1-13-15(12-18(31)28-16-10-6-7-11-17(16)33-2)22(32)30-21(27-13)19(14-8-4-3-5-9-14)20(29-30)23(24,25)26/h3-11,29H,12H2,1-2H3,(H,28,31). The average molecular weight is 456 g/mol. The van der Waals surface area contributed by atoms with Gasteiger partial charge < -0.3 is 10.1 Å². The van der Waals surface area contributed by atoms with E-state index in [1.165, 1.54) is 26.2 Å². The van der Waals surface area contributed by atoms with Gasteiger partial charge in [-0.05, 0) is 24.6 Å². The Bertz CT molecular complexity index is 1390. The molecule has 0 atom stereocenters. The molecule has 10 heteroatoms. The van der Waals surface area contributed by atoms with Crippen LogP contribution in [0.4, 0.5) is 18.9 Å². The SMILES string of the molecule is COc1ccccc1NC(=O)Cc1c(C)nc2c(-c3ccccc3)c(C(F)(F)F)[nH]n2c1=O. The molecule has 7 nitrogen and oxygen atoms in total. The molecule has 0 radical (unpaired) electrons. The van der Waals surface area contributed by atoms with Crippen molar-refractivity contribution >= 4 is 17.2 Å². The van der Waals surface area contributed by atoms with Crippen molar-refractivity contribution in [2.24, 2.45) is 0 Å².